The summed E-state index contributed by atoms with van der Waals surface area (Å²) in [4.78, 5) is 15.3. The van der Waals surface area contributed by atoms with Crippen LogP contribution in [0.5, 0.6) is 0 Å². The lowest BCUT2D eigenvalue weighted by Crippen LogP contribution is -2.15. The molecular weight excluding hydrogens is 299 g/mol. The van der Waals surface area contributed by atoms with Crippen molar-refractivity contribution in [3.8, 4) is 0 Å². The summed E-state index contributed by atoms with van der Waals surface area (Å²) in [6.45, 7) is 0. The maximum atomic E-state index is 12.8. The van der Waals surface area contributed by atoms with Crippen LogP contribution in [0.2, 0.25) is 0 Å². The monoisotopic (exact) mass is 308 g/mol. The summed E-state index contributed by atoms with van der Waals surface area (Å²) in [5.74, 6) is -0.621. The van der Waals surface area contributed by atoms with E-state index in [1.165, 1.54) is 12.1 Å². The Morgan fingerprint density at radius 3 is 2.61 bits per heavy atom. The van der Waals surface area contributed by atoms with Crippen LogP contribution in [0.25, 0.3) is 0 Å². The molecule has 1 heterocycles. The lowest BCUT2D eigenvalue weighted by molar-refractivity contribution is -0.115. The smallest absolute Gasteiger partial charge is 0.229 e. The van der Waals surface area contributed by atoms with Crippen molar-refractivity contribution < 1.29 is 9.18 Å². The van der Waals surface area contributed by atoms with E-state index >= 15 is 0 Å². The minimum atomic E-state index is -0.614. The summed E-state index contributed by atoms with van der Waals surface area (Å²) >= 11 is 3.32. The molecule has 0 atom stereocenters. The van der Waals surface area contributed by atoms with E-state index in [0.29, 0.717) is 0 Å². The molecule has 18 heavy (non-hydrogen) atoms. The molecule has 1 N–H and O–H groups in total. The van der Waals surface area contributed by atoms with Gasteiger partial charge in [-0.05, 0) is 29.8 Å². The van der Waals surface area contributed by atoms with Crippen molar-refractivity contribution in [1.82, 2.24) is 4.98 Å². The van der Waals surface area contributed by atoms with Crippen molar-refractivity contribution in [2.24, 2.45) is 0 Å². The lowest BCUT2D eigenvalue weighted by atomic mass is 10.1. The minimum absolute atomic E-state index is 0.220. The quantitative estimate of drug-likeness (QED) is 0.885. The van der Waals surface area contributed by atoms with Crippen LogP contribution in [0, 0.1) is 5.95 Å². The van der Waals surface area contributed by atoms with Gasteiger partial charge in [-0.15, -0.1) is 0 Å². The number of carbonyl (C=O) groups is 1. The number of carbonyl (C=O) groups excluding carboxylic acids is 1. The zero-order chi connectivity index (χ0) is 13.0. The molecule has 0 saturated carbocycles. The maximum Gasteiger partial charge on any atom is 0.229 e. The number of amides is 1. The van der Waals surface area contributed by atoms with E-state index in [1.807, 2.05) is 24.3 Å². The van der Waals surface area contributed by atoms with Gasteiger partial charge in [-0.25, -0.2) is 4.98 Å². The molecule has 0 aliphatic rings. The number of rotatable bonds is 3. The largest absolute Gasteiger partial charge is 0.310 e. The number of aromatic nitrogens is 1. The number of anilines is 1. The summed E-state index contributed by atoms with van der Waals surface area (Å²) < 4.78 is 13.8. The zero-order valence-electron chi connectivity index (χ0n) is 9.36. The average molecular weight is 309 g/mol. The first kappa shape index (κ1) is 12.7. The molecule has 0 aliphatic heterocycles. The molecule has 3 nitrogen and oxygen atoms in total. The van der Waals surface area contributed by atoms with Crippen LogP contribution in [-0.4, -0.2) is 10.9 Å². The van der Waals surface area contributed by atoms with E-state index in [0.717, 1.165) is 10.0 Å². The van der Waals surface area contributed by atoms with Crippen molar-refractivity contribution in [3.63, 3.8) is 0 Å². The third-order valence-corrected chi connectivity index (χ3v) is 2.79. The zero-order valence-corrected chi connectivity index (χ0v) is 10.9. The summed E-state index contributed by atoms with van der Waals surface area (Å²) in [6.07, 6.45) is 0.228. The molecule has 0 spiro atoms. The van der Waals surface area contributed by atoms with Crippen LogP contribution in [-0.2, 0) is 11.2 Å². The lowest BCUT2D eigenvalue weighted by Gasteiger charge is -2.04. The van der Waals surface area contributed by atoms with E-state index in [9.17, 15) is 9.18 Å². The van der Waals surface area contributed by atoms with E-state index < -0.39 is 5.95 Å². The Morgan fingerprint density at radius 1 is 1.22 bits per heavy atom. The van der Waals surface area contributed by atoms with Crippen molar-refractivity contribution in [2.45, 2.75) is 6.42 Å². The number of benzene rings is 1. The molecule has 92 valence electrons. The van der Waals surface area contributed by atoms with Gasteiger partial charge in [-0.2, -0.15) is 4.39 Å². The average Bonchev–Trinajstić information content (AvgIpc) is 2.32. The summed E-state index contributed by atoms with van der Waals surface area (Å²) in [5, 5.41) is 2.54. The van der Waals surface area contributed by atoms with Gasteiger partial charge >= 0.3 is 0 Å². The molecule has 0 aliphatic carbocycles. The third-order valence-electron chi connectivity index (χ3n) is 2.26. The molecule has 1 aromatic heterocycles. The summed E-state index contributed by atoms with van der Waals surface area (Å²) in [6, 6.07) is 11.7. The molecule has 1 aromatic carbocycles. The van der Waals surface area contributed by atoms with E-state index in [2.05, 4.69) is 26.2 Å². The highest BCUT2D eigenvalue weighted by Gasteiger charge is 2.05. The highest BCUT2D eigenvalue weighted by Crippen LogP contribution is 2.11. The Morgan fingerprint density at radius 2 is 1.94 bits per heavy atom. The molecule has 1 amide bonds. The number of hydrogen-bond acceptors (Lipinski definition) is 2. The highest BCUT2D eigenvalue weighted by molar-refractivity contribution is 9.10. The second-order valence-electron chi connectivity index (χ2n) is 3.70. The van der Waals surface area contributed by atoms with Gasteiger partial charge in [0.15, 0.2) is 0 Å². The molecule has 0 saturated heterocycles. The van der Waals surface area contributed by atoms with Crippen molar-refractivity contribution in [3.05, 3.63) is 58.4 Å². The van der Waals surface area contributed by atoms with E-state index in [4.69, 9.17) is 0 Å². The fraction of sp³-hybridized carbons (Fsp3) is 0.0769. The highest BCUT2D eigenvalue weighted by atomic mass is 79.9. The van der Waals surface area contributed by atoms with Gasteiger partial charge in [0.25, 0.3) is 0 Å². The van der Waals surface area contributed by atoms with Crippen LogP contribution >= 0.6 is 15.9 Å². The number of hydrogen-bond donors (Lipinski definition) is 1. The molecule has 0 unspecified atom stereocenters. The van der Waals surface area contributed by atoms with Gasteiger partial charge in [-0.1, -0.05) is 34.1 Å². The fourth-order valence-corrected chi connectivity index (χ4v) is 1.72. The normalized spacial score (nSPS) is 10.1. The molecule has 5 heteroatoms. The number of pyridine rings is 1. The number of nitrogens with one attached hydrogen (secondary N) is 1. The Hall–Kier alpha value is -1.75. The Bertz CT molecular complexity index is 557. The first-order valence-corrected chi connectivity index (χ1v) is 6.09. The standard InChI is InChI=1S/C13H10BrFN2O/c14-10-6-4-9(5-7-10)8-13(18)17-12-3-1-2-11(15)16-12/h1-7H,8H2,(H,16,17,18). The second-order valence-corrected chi connectivity index (χ2v) is 4.61. The predicted octanol–water partition coefficient (Wildman–Crippen LogP) is 3.16. The first-order valence-electron chi connectivity index (χ1n) is 5.30. The summed E-state index contributed by atoms with van der Waals surface area (Å²) in [5.41, 5.74) is 0.882. The molecular formula is C13H10BrFN2O. The van der Waals surface area contributed by atoms with Gasteiger partial charge in [0.2, 0.25) is 11.9 Å². The van der Waals surface area contributed by atoms with Gasteiger partial charge in [-0.3, -0.25) is 4.79 Å². The van der Waals surface area contributed by atoms with Crippen molar-refractivity contribution in [1.29, 1.82) is 0 Å². The Balaban J connectivity index is 1.98. The van der Waals surface area contributed by atoms with Gasteiger partial charge < -0.3 is 5.32 Å². The third kappa shape index (κ3) is 3.63. The first-order chi connectivity index (χ1) is 8.63. The number of halogens is 2. The molecule has 2 rings (SSSR count). The van der Waals surface area contributed by atoms with E-state index in [1.54, 1.807) is 6.07 Å². The van der Waals surface area contributed by atoms with Gasteiger partial charge in [0.05, 0.1) is 6.42 Å². The van der Waals surface area contributed by atoms with Crippen LogP contribution < -0.4 is 5.32 Å². The Labute approximate surface area is 112 Å². The molecule has 0 bridgehead atoms. The second kappa shape index (κ2) is 5.73. The van der Waals surface area contributed by atoms with Crippen LogP contribution in [0.3, 0.4) is 0 Å². The van der Waals surface area contributed by atoms with Crippen molar-refractivity contribution >= 4 is 27.7 Å². The van der Waals surface area contributed by atoms with Crippen molar-refractivity contribution in [2.75, 3.05) is 5.32 Å². The van der Waals surface area contributed by atoms with Crippen LogP contribution in [0.15, 0.2) is 46.9 Å². The predicted molar refractivity (Wildman–Crippen MR) is 70.7 cm³/mol. The fourth-order valence-electron chi connectivity index (χ4n) is 1.45. The van der Waals surface area contributed by atoms with Crippen LogP contribution in [0.4, 0.5) is 10.2 Å². The summed E-state index contributed by atoms with van der Waals surface area (Å²) in [7, 11) is 0. The molecule has 0 fully saturated rings. The SMILES string of the molecule is O=C(Cc1ccc(Br)cc1)Nc1cccc(F)n1. The Kier molecular flexibility index (Phi) is 4.04. The van der Waals surface area contributed by atoms with E-state index in [-0.39, 0.29) is 18.1 Å². The maximum absolute atomic E-state index is 12.8. The molecule has 2 aromatic rings. The topological polar surface area (TPSA) is 42.0 Å². The van der Waals surface area contributed by atoms with Gasteiger partial charge in [0.1, 0.15) is 5.82 Å². The molecule has 0 radical (unpaired) electrons. The number of nitrogens with zero attached hydrogens (tertiary/aromatic N) is 1. The minimum Gasteiger partial charge on any atom is -0.310 e. The van der Waals surface area contributed by atoms with Gasteiger partial charge in [0, 0.05) is 4.47 Å². The van der Waals surface area contributed by atoms with Crippen LogP contribution in [0.1, 0.15) is 5.56 Å².